The van der Waals surface area contributed by atoms with Crippen molar-refractivity contribution in [2.75, 3.05) is 13.2 Å². The second kappa shape index (κ2) is 6.72. The molecule has 0 saturated carbocycles. The Hall–Kier alpha value is -0.280. The van der Waals surface area contributed by atoms with Crippen molar-refractivity contribution in [1.82, 2.24) is 0 Å². The van der Waals surface area contributed by atoms with Crippen LogP contribution in [0.4, 0.5) is 0 Å². The average Bonchev–Trinajstić information content (AvgIpc) is 1.68. The fourth-order valence-electron chi connectivity index (χ4n) is 0.220. The van der Waals surface area contributed by atoms with Gasteiger partial charge in [0.05, 0.1) is 13.2 Å². The summed E-state index contributed by atoms with van der Waals surface area (Å²) in [4.78, 5) is 10.1. The van der Waals surface area contributed by atoms with Gasteiger partial charge in [-0.1, -0.05) is 0 Å². The van der Waals surface area contributed by atoms with Crippen molar-refractivity contribution >= 4 is 18.4 Å². The van der Waals surface area contributed by atoms with Crippen LogP contribution in [0.3, 0.4) is 0 Å². The van der Waals surface area contributed by atoms with Crippen molar-refractivity contribution in [3.05, 3.63) is 0 Å². The monoisotopic (exact) mass is 141 g/mol. The van der Waals surface area contributed by atoms with E-state index in [-0.39, 0.29) is 24.9 Å². The minimum Gasteiger partial charge on any atom is -0.465 e. The number of carbonyl (C=O) groups excluding carboxylic acids is 1. The first-order chi connectivity index (χ1) is 3.31. The van der Waals surface area contributed by atoms with Crippen LogP contribution in [0.1, 0.15) is 6.92 Å². The quantitative estimate of drug-likeness (QED) is 0.433. The van der Waals surface area contributed by atoms with Crippen LogP contribution in [0.2, 0.25) is 0 Å². The lowest BCUT2D eigenvalue weighted by Gasteiger charge is -1.93. The van der Waals surface area contributed by atoms with E-state index in [1.165, 1.54) is 0 Å². The van der Waals surface area contributed by atoms with Gasteiger partial charge in [0, 0.05) is 0 Å². The van der Waals surface area contributed by atoms with E-state index < -0.39 is 0 Å². The highest BCUT2D eigenvalue weighted by Crippen LogP contribution is 1.69. The fraction of sp³-hybridized carbons (Fsp3) is 0.750. The number of carbonyl (C=O) groups is 1. The summed E-state index contributed by atoms with van der Waals surface area (Å²) >= 11 is 0. The van der Waals surface area contributed by atoms with Crippen LogP contribution in [0, 0.1) is 0 Å². The highest BCUT2D eigenvalue weighted by Gasteiger charge is 1.91. The molecule has 0 bridgehead atoms. The minimum atomic E-state index is -0.345. The van der Waals surface area contributed by atoms with Crippen LogP contribution in [-0.4, -0.2) is 19.1 Å². The molecular weight excluding hydrogens is 131 g/mol. The molecule has 50 valence electrons. The smallest absolute Gasteiger partial charge is 0.319 e. The van der Waals surface area contributed by atoms with Gasteiger partial charge in [0.1, 0.15) is 0 Å². The number of nitrogens with two attached hydrogens (primary N) is 1. The summed E-state index contributed by atoms with van der Waals surface area (Å²) in [6, 6.07) is 0. The predicted octanol–water partition coefficient (Wildman–Crippen LogP) is -0.0700. The van der Waals surface area contributed by atoms with Crippen molar-refractivity contribution in [2.45, 2.75) is 6.92 Å². The molecule has 0 heterocycles. The molecule has 0 aromatic carbocycles. The zero-order valence-electron chi connectivity index (χ0n) is 4.72. The minimum absolute atomic E-state index is 0. The lowest BCUT2D eigenvalue weighted by Crippen LogP contribution is -2.16. The molecule has 0 saturated heterocycles. The van der Waals surface area contributed by atoms with Crippen LogP contribution >= 0.6 is 12.4 Å². The van der Waals surface area contributed by atoms with E-state index in [2.05, 4.69) is 4.74 Å². The van der Waals surface area contributed by atoms with E-state index in [9.17, 15) is 4.79 Å². The van der Waals surface area contributed by atoms with Crippen LogP contribution in [0.15, 0.2) is 0 Å². The van der Waals surface area contributed by atoms with Crippen LogP contribution < -0.4 is 5.73 Å². The Kier molecular flexibility index (Phi) is 8.95. The van der Waals surface area contributed by atoms with E-state index in [0.29, 0.717) is 6.61 Å². The second-order valence-corrected chi connectivity index (χ2v) is 1.01. The van der Waals surface area contributed by atoms with E-state index in [0.717, 1.165) is 0 Å². The molecule has 0 fully saturated rings. The molecule has 0 aromatic heterocycles. The topological polar surface area (TPSA) is 52.3 Å². The molecule has 3 nitrogen and oxygen atoms in total. The molecule has 2 N–H and O–H groups in total. The van der Waals surface area contributed by atoms with E-state index in [4.69, 9.17) is 5.73 Å². The number of ether oxygens (including phenoxy) is 1. The molecule has 0 amide bonds. The van der Waals surface area contributed by atoms with Gasteiger partial charge in [-0.15, -0.1) is 12.4 Å². The lowest BCUT2D eigenvalue weighted by molar-refractivity contribution is -0.141. The SMILES string of the molecule is CCO[13C](=O)[13CH2]N.Cl. The highest BCUT2D eigenvalue weighted by molar-refractivity contribution is 5.85. The zero-order chi connectivity index (χ0) is 5.70. The molecule has 0 radical (unpaired) electrons. The fourth-order valence-corrected chi connectivity index (χ4v) is 0.220. The Morgan fingerprint density at radius 3 is 2.38 bits per heavy atom. The van der Waals surface area contributed by atoms with Gasteiger partial charge in [-0.2, -0.15) is 0 Å². The summed E-state index contributed by atoms with van der Waals surface area (Å²) in [6.07, 6.45) is 0. The Morgan fingerprint density at radius 2 is 2.25 bits per heavy atom. The maximum atomic E-state index is 10.1. The highest BCUT2D eigenvalue weighted by atomic mass is 35.5. The predicted molar refractivity (Wildman–Crippen MR) is 32.9 cm³/mol. The maximum absolute atomic E-state index is 10.1. The van der Waals surface area contributed by atoms with E-state index >= 15 is 0 Å². The summed E-state index contributed by atoms with van der Waals surface area (Å²) in [5, 5.41) is 0. The van der Waals surface area contributed by atoms with Gasteiger partial charge >= 0.3 is 5.97 Å². The molecule has 0 unspecified atom stereocenters. The molecule has 0 aliphatic carbocycles. The van der Waals surface area contributed by atoms with Crippen molar-refractivity contribution in [3.63, 3.8) is 0 Å². The lowest BCUT2D eigenvalue weighted by atomic mass is 10.9. The molecular formula is C4H10ClNO2. The standard InChI is InChI=1S/C4H9NO2.ClH/c1-2-7-4(6)3-5;/h2-3,5H2,1H3;1H/i3+1,4+1;. The Morgan fingerprint density at radius 1 is 1.75 bits per heavy atom. The first kappa shape index (κ1) is 10.7. The van der Waals surface area contributed by atoms with Crippen LogP contribution in [0.5, 0.6) is 0 Å². The Bertz CT molecular complexity index is 67.1. The Labute approximate surface area is 54.6 Å². The van der Waals surface area contributed by atoms with Gasteiger partial charge in [-0.25, -0.2) is 0 Å². The number of hydrogen-bond acceptors (Lipinski definition) is 3. The van der Waals surface area contributed by atoms with Gasteiger partial charge in [0.25, 0.3) is 0 Å². The first-order valence-corrected chi connectivity index (χ1v) is 2.17. The molecule has 8 heavy (non-hydrogen) atoms. The third-order valence-electron chi connectivity index (χ3n) is 0.472. The molecule has 0 aliphatic rings. The molecule has 0 atom stereocenters. The summed E-state index contributed by atoms with van der Waals surface area (Å²) in [7, 11) is 0. The average molecular weight is 142 g/mol. The van der Waals surface area contributed by atoms with Crippen LogP contribution in [-0.2, 0) is 9.53 Å². The number of halogens is 1. The maximum Gasteiger partial charge on any atom is 0.319 e. The van der Waals surface area contributed by atoms with Crippen molar-refractivity contribution in [3.8, 4) is 0 Å². The third-order valence-corrected chi connectivity index (χ3v) is 0.472. The van der Waals surface area contributed by atoms with Gasteiger partial charge < -0.3 is 10.5 Å². The summed E-state index contributed by atoms with van der Waals surface area (Å²) in [6.45, 7) is 2.14. The molecule has 0 spiro atoms. The van der Waals surface area contributed by atoms with Gasteiger partial charge in [-0.05, 0) is 6.92 Å². The van der Waals surface area contributed by atoms with Gasteiger partial charge in [0.2, 0.25) is 0 Å². The number of rotatable bonds is 2. The second-order valence-electron chi connectivity index (χ2n) is 1.01. The summed E-state index contributed by atoms with van der Waals surface area (Å²) < 4.78 is 4.43. The summed E-state index contributed by atoms with van der Waals surface area (Å²) in [5.74, 6) is -0.345. The molecule has 0 aliphatic heterocycles. The third kappa shape index (κ3) is 5.72. The normalized spacial score (nSPS) is 7.25. The van der Waals surface area contributed by atoms with E-state index in [1.54, 1.807) is 6.92 Å². The summed E-state index contributed by atoms with van der Waals surface area (Å²) in [5.41, 5.74) is 4.88. The zero-order valence-corrected chi connectivity index (χ0v) is 5.53. The Balaban J connectivity index is 0. The molecule has 4 heteroatoms. The van der Waals surface area contributed by atoms with Crippen LogP contribution in [0.25, 0.3) is 0 Å². The largest absolute Gasteiger partial charge is 0.465 e. The van der Waals surface area contributed by atoms with Gasteiger partial charge in [0.15, 0.2) is 0 Å². The first-order valence-electron chi connectivity index (χ1n) is 2.17. The molecule has 0 aromatic rings. The van der Waals surface area contributed by atoms with Gasteiger partial charge in [-0.3, -0.25) is 4.79 Å². The van der Waals surface area contributed by atoms with Crippen molar-refractivity contribution in [1.29, 1.82) is 0 Å². The molecule has 0 rings (SSSR count). The number of hydrogen-bond donors (Lipinski definition) is 1. The number of esters is 1. The van der Waals surface area contributed by atoms with Crippen molar-refractivity contribution < 1.29 is 9.53 Å². The van der Waals surface area contributed by atoms with Crippen molar-refractivity contribution in [2.24, 2.45) is 5.73 Å². The van der Waals surface area contributed by atoms with E-state index in [1.807, 2.05) is 0 Å².